The highest BCUT2D eigenvalue weighted by Gasteiger charge is 2.11. The standard InChI is InChI=1S/C16H19FN2O/c1-11(18)9-13-6-4-8-15(17)16(13)20-10-14-7-3-5-12(2)19-14/h3-8,11H,9-10,18H2,1-2H3. The second kappa shape index (κ2) is 6.48. The first-order valence-corrected chi connectivity index (χ1v) is 6.64. The van der Waals surface area contributed by atoms with E-state index in [0.29, 0.717) is 6.42 Å². The number of para-hydroxylation sites is 1. The SMILES string of the molecule is Cc1cccc(COc2c(F)cccc2CC(C)N)n1. The van der Waals surface area contributed by atoms with Crippen molar-refractivity contribution in [2.75, 3.05) is 0 Å². The van der Waals surface area contributed by atoms with E-state index in [4.69, 9.17) is 10.5 Å². The average molecular weight is 274 g/mol. The van der Waals surface area contributed by atoms with Gasteiger partial charge in [0.25, 0.3) is 0 Å². The number of hydrogen-bond donors (Lipinski definition) is 1. The highest BCUT2D eigenvalue weighted by Crippen LogP contribution is 2.24. The van der Waals surface area contributed by atoms with Gasteiger partial charge in [0, 0.05) is 11.7 Å². The minimum absolute atomic E-state index is 0.0451. The number of hydrogen-bond acceptors (Lipinski definition) is 3. The fourth-order valence-corrected chi connectivity index (χ4v) is 2.05. The van der Waals surface area contributed by atoms with Crippen LogP contribution in [0.15, 0.2) is 36.4 Å². The molecule has 1 aromatic carbocycles. The molecule has 0 bridgehead atoms. The summed E-state index contributed by atoms with van der Waals surface area (Å²) in [6.45, 7) is 4.04. The minimum atomic E-state index is -0.365. The number of ether oxygens (including phenoxy) is 1. The summed E-state index contributed by atoms with van der Waals surface area (Å²) in [4.78, 5) is 4.34. The van der Waals surface area contributed by atoms with E-state index in [1.807, 2.05) is 38.1 Å². The fraction of sp³-hybridized carbons (Fsp3) is 0.312. The molecule has 0 saturated carbocycles. The molecule has 1 atom stereocenters. The number of aromatic nitrogens is 1. The van der Waals surface area contributed by atoms with Crippen LogP contribution in [0.4, 0.5) is 4.39 Å². The predicted molar refractivity (Wildman–Crippen MR) is 77.1 cm³/mol. The summed E-state index contributed by atoms with van der Waals surface area (Å²) in [7, 11) is 0. The van der Waals surface area contributed by atoms with Gasteiger partial charge in [-0.3, -0.25) is 4.98 Å². The van der Waals surface area contributed by atoms with E-state index in [1.54, 1.807) is 6.07 Å². The van der Waals surface area contributed by atoms with Crippen LogP contribution in [-0.4, -0.2) is 11.0 Å². The van der Waals surface area contributed by atoms with E-state index in [-0.39, 0.29) is 24.2 Å². The zero-order chi connectivity index (χ0) is 14.5. The zero-order valence-corrected chi connectivity index (χ0v) is 11.8. The normalized spacial score (nSPS) is 12.2. The van der Waals surface area contributed by atoms with E-state index in [2.05, 4.69) is 4.98 Å². The van der Waals surface area contributed by atoms with Gasteiger partial charge in [0.15, 0.2) is 11.6 Å². The molecule has 2 rings (SSSR count). The highest BCUT2D eigenvalue weighted by atomic mass is 19.1. The number of benzene rings is 1. The minimum Gasteiger partial charge on any atom is -0.484 e. The third-order valence-corrected chi connectivity index (χ3v) is 2.90. The number of nitrogens with two attached hydrogens (primary N) is 1. The molecule has 20 heavy (non-hydrogen) atoms. The molecule has 106 valence electrons. The number of nitrogens with zero attached hydrogens (tertiary/aromatic N) is 1. The smallest absolute Gasteiger partial charge is 0.165 e. The van der Waals surface area contributed by atoms with Gasteiger partial charge < -0.3 is 10.5 Å². The Bertz CT molecular complexity index is 584. The molecule has 0 aliphatic heterocycles. The second-order valence-corrected chi connectivity index (χ2v) is 4.97. The number of rotatable bonds is 5. The van der Waals surface area contributed by atoms with Crippen molar-refractivity contribution >= 4 is 0 Å². The van der Waals surface area contributed by atoms with Crippen molar-refractivity contribution in [3.63, 3.8) is 0 Å². The maximum atomic E-state index is 13.9. The lowest BCUT2D eigenvalue weighted by atomic mass is 10.1. The fourth-order valence-electron chi connectivity index (χ4n) is 2.05. The molecule has 3 nitrogen and oxygen atoms in total. The van der Waals surface area contributed by atoms with Gasteiger partial charge in [-0.25, -0.2) is 4.39 Å². The van der Waals surface area contributed by atoms with Crippen molar-refractivity contribution in [3.8, 4) is 5.75 Å². The van der Waals surface area contributed by atoms with E-state index in [1.165, 1.54) is 6.07 Å². The average Bonchev–Trinajstić information content (AvgIpc) is 2.37. The first kappa shape index (κ1) is 14.5. The Kier molecular flexibility index (Phi) is 4.69. The molecule has 0 amide bonds. The van der Waals surface area contributed by atoms with E-state index in [0.717, 1.165) is 17.0 Å². The molecule has 0 aliphatic carbocycles. The molecule has 0 spiro atoms. The van der Waals surface area contributed by atoms with Crippen LogP contribution in [0.1, 0.15) is 23.9 Å². The van der Waals surface area contributed by atoms with Crippen molar-refractivity contribution in [2.45, 2.75) is 32.9 Å². The summed E-state index contributed by atoms with van der Waals surface area (Å²) in [5.74, 6) is -0.0936. The molecule has 1 unspecified atom stereocenters. The Morgan fingerprint density at radius 2 is 2.00 bits per heavy atom. The summed E-state index contributed by atoms with van der Waals surface area (Å²) in [6, 6.07) is 10.5. The van der Waals surface area contributed by atoms with Crippen molar-refractivity contribution < 1.29 is 9.13 Å². The Hall–Kier alpha value is -1.94. The maximum Gasteiger partial charge on any atom is 0.165 e. The lowest BCUT2D eigenvalue weighted by Gasteiger charge is -2.13. The van der Waals surface area contributed by atoms with E-state index >= 15 is 0 Å². The van der Waals surface area contributed by atoms with Crippen molar-refractivity contribution in [1.29, 1.82) is 0 Å². The number of pyridine rings is 1. The molecule has 0 aliphatic rings. The van der Waals surface area contributed by atoms with Crippen molar-refractivity contribution in [2.24, 2.45) is 5.73 Å². The third kappa shape index (κ3) is 3.78. The molecule has 0 fully saturated rings. The first-order valence-electron chi connectivity index (χ1n) is 6.64. The predicted octanol–water partition coefficient (Wildman–Crippen LogP) is 3.00. The Morgan fingerprint density at radius 1 is 1.25 bits per heavy atom. The maximum absolute atomic E-state index is 13.9. The van der Waals surface area contributed by atoms with Crippen LogP contribution in [-0.2, 0) is 13.0 Å². The summed E-state index contributed by atoms with van der Waals surface area (Å²) >= 11 is 0. The van der Waals surface area contributed by atoms with Crippen molar-refractivity contribution in [3.05, 3.63) is 59.2 Å². The highest BCUT2D eigenvalue weighted by molar-refractivity contribution is 5.35. The van der Waals surface area contributed by atoms with Crippen LogP contribution in [0.25, 0.3) is 0 Å². The van der Waals surface area contributed by atoms with Crippen molar-refractivity contribution in [1.82, 2.24) is 4.98 Å². The topological polar surface area (TPSA) is 48.1 Å². The lowest BCUT2D eigenvalue weighted by Crippen LogP contribution is -2.18. The van der Waals surface area contributed by atoms with Gasteiger partial charge in [0.1, 0.15) is 6.61 Å². The first-order chi connectivity index (χ1) is 9.56. The Morgan fingerprint density at radius 3 is 2.70 bits per heavy atom. The summed E-state index contributed by atoms with van der Waals surface area (Å²) in [5, 5.41) is 0. The van der Waals surface area contributed by atoms with Crippen LogP contribution >= 0.6 is 0 Å². The molecule has 1 aromatic heterocycles. The second-order valence-electron chi connectivity index (χ2n) is 4.97. The summed E-state index contributed by atoms with van der Waals surface area (Å²) in [5.41, 5.74) is 8.26. The van der Waals surface area contributed by atoms with Crippen LogP contribution in [0.5, 0.6) is 5.75 Å². The van der Waals surface area contributed by atoms with Gasteiger partial charge in [-0.15, -0.1) is 0 Å². The van der Waals surface area contributed by atoms with Crippen LogP contribution < -0.4 is 10.5 Å². The monoisotopic (exact) mass is 274 g/mol. The van der Waals surface area contributed by atoms with Gasteiger partial charge in [0.05, 0.1) is 5.69 Å². The van der Waals surface area contributed by atoms with Gasteiger partial charge in [-0.1, -0.05) is 18.2 Å². The van der Waals surface area contributed by atoms with Gasteiger partial charge in [-0.05, 0) is 44.0 Å². The molecule has 4 heteroatoms. The number of aryl methyl sites for hydroxylation is 1. The van der Waals surface area contributed by atoms with E-state index < -0.39 is 0 Å². The molecule has 0 radical (unpaired) electrons. The molecular formula is C16H19FN2O. The Balaban J connectivity index is 2.16. The molecule has 1 heterocycles. The van der Waals surface area contributed by atoms with Gasteiger partial charge in [0.2, 0.25) is 0 Å². The quantitative estimate of drug-likeness (QED) is 0.911. The summed E-state index contributed by atoms with van der Waals surface area (Å²) in [6.07, 6.45) is 0.578. The largest absolute Gasteiger partial charge is 0.484 e. The summed E-state index contributed by atoms with van der Waals surface area (Å²) < 4.78 is 19.5. The van der Waals surface area contributed by atoms with E-state index in [9.17, 15) is 4.39 Å². The van der Waals surface area contributed by atoms with Crippen LogP contribution in [0, 0.1) is 12.7 Å². The lowest BCUT2D eigenvalue weighted by molar-refractivity contribution is 0.282. The van der Waals surface area contributed by atoms with Gasteiger partial charge in [-0.2, -0.15) is 0 Å². The van der Waals surface area contributed by atoms with Crippen LogP contribution in [0.2, 0.25) is 0 Å². The molecule has 0 saturated heterocycles. The molecular weight excluding hydrogens is 255 g/mol. The van der Waals surface area contributed by atoms with Gasteiger partial charge >= 0.3 is 0 Å². The molecule has 2 N–H and O–H groups in total. The molecule has 2 aromatic rings. The Labute approximate surface area is 118 Å². The van der Waals surface area contributed by atoms with Crippen LogP contribution in [0.3, 0.4) is 0 Å². The number of halogens is 1. The third-order valence-electron chi connectivity index (χ3n) is 2.90. The zero-order valence-electron chi connectivity index (χ0n) is 11.8.